The van der Waals surface area contributed by atoms with E-state index in [9.17, 15) is 19.2 Å². The second kappa shape index (κ2) is 22.3. The number of unbranched alkanes of at least 4 members (excludes halogenated alkanes) is 9. The van der Waals surface area contributed by atoms with Gasteiger partial charge in [-0.3, -0.25) is 19.2 Å². The summed E-state index contributed by atoms with van der Waals surface area (Å²) in [6.45, 7) is 5.95. The molecule has 4 N–H and O–H groups in total. The number of benzene rings is 2. The molecule has 4 rings (SSSR count). The summed E-state index contributed by atoms with van der Waals surface area (Å²) in [5.74, 6) is 1.40. The average Bonchev–Trinajstić information content (AvgIpc) is 3.67. The molecule has 12 nitrogen and oxygen atoms in total. The van der Waals surface area contributed by atoms with E-state index in [-0.39, 0.29) is 36.7 Å². The Labute approximate surface area is 319 Å². The molecule has 0 bridgehead atoms. The number of carbonyl (C=O) groups excluding carboxylic acids is 4. The van der Waals surface area contributed by atoms with Gasteiger partial charge in [-0.1, -0.05) is 51.4 Å². The minimum Gasteiger partial charge on any atom is -0.497 e. The number of fused-ring (bicyclic) bond motifs is 2. The summed E-state index contributed by atoms with van der Waals surface area (Å²) in [5.41, 5.74) is 4.09. The van der Waals surface area contributed by atoms with E-state index in [0.717, 1.165) is 70.1 Å². The molecule has 0 fully saturated rings. The number of ether oxygens (including phenoxy) is 2. The number of nitrogens with zero attached hydrogens (tertiary/aromatic N) is 2. The molecular formula is C42H60N6O6. The Hall–Kier alpha value is -5.00. The minimum absolute atomic E-state index is 0.00298. The van der Waals surface area contributed by atoms with Crippen LogP contribution >= 0.6 is 0 Å². The van der Waals surface area contributed by atoms with Crippen molar-refractivity contribution in [1.82, 2.24) is 30.4 Å². The summed E-state index contributed by atoms with van der Waals surface area (Å²) < 4.78 is 14.8. The van der Waals surface area contributed by atoms with Gasteiger partial charge in [-0.2, -0.15) is 0 Å². The number of rotatable bonds is 25. The molecule has 0 unspecified atom stereocenters. The zero-order valence-corrected chi connectivity index (χ0v) is 32.7. The first-order valence-electron chi connectivity index (χ1n) is 19.5. The Balaban J connectivity index is 1.02. The van der Waals surface area contributed by atoms with Crippen molar-refractivity contribution in [1.29, 1.82) is 0 Å². The molecule has 0 aliphatic carbocycles. The standard InChI is InChI=1S/C42H60N6O6/c1-31(49)43-23-19-33-27-47(39-17-15-35(53-3)25-37(33)39)29-41(51)45-21-13-11-9-7-5-6-8-10-12-14-22-46-42(52)30-48-28-34(20-24-44-32(2)50)38-26-36(54-4)16-18-40(38)48/h15-18,25-28H,5-14,19-24,29-30H2,1-4H3,(H,43,49)(H,44,50)(H,45,51)(H,46,52). The monoisotopic (exact) mass is 744 g/mol. The van der Waals surface area contributed by atoms with E-state index in [1.807, 2.05) is 57.9 Å². The number of aromatic nitrogens is 2. The number of hydrogen-bond acceptors (Lipinski definition) is 6. The van der Waals surface area contributed by atoms with E-state index in [0.29, 0.717) is 39.0 Å². The zero-order chi connectivity index (χ0) is 38.7. The first-order valence-corrected chi connectivity index (χ1v) is 19.5. The number of carbonyl (C=O) groups is 4. The first kappa shape index (κ1) is 41.8. The fourth-order valence-electron chi connectivity index (χ4n) is 6.90. The molecule has 294 valence electrons. The molecule has 2 aromatic heterocycles. The minimum atomic E-state index is -0.0581. The van der Waals surface area contributed by atoms with Crippen LogP contribution in [0.1, 0.15) is 89.2 Å². The van der Waals surface area contributed by atoms with E-state index < -0.39 is 0 Å². The number of methoxy groups -OCH3 is 2. The highest BCUT2D eigenvalue weighted by atomic mass is 16.5. The maximum atomic E-state index is 12.8. The lowest BCUT2D eigenvalue weighted by molar-refractivity contribution is -0.122. The van der Waals surface area contributed by atoms with Crippen molar-refractivity contribution in [3.63, 3.8) is 0 Å². The average molecular weight is 745 g/mol. The van der Waals surface area contributed by atoms with Gasteiger partial charge in [0.1, 0.15) is 24.6 Å². The normalized spacial score (nSPS) is 11.1. The van der Waals surface area contributed by atoms with Gasteiger partial charge >= 0.3 is 0 Å². The van der Waals surface area contributed by atoms with E-state index in [2.05, 4.69) is 21.3 Å². The van der Waals surface area contributed by atoms with Crippen LogP contribution in [0.4, 0.5) is 0 Å². The summed E-state index contributed by atoms with van der Waals surface area (Å²) in [4.78, 5) is 48.2. The summed E-state index contributed by atoms with van der Waals surface area (Å²) in [6.07, 6.45) is 16.7. The third kappa shape index (κ3) is 13.4. The highest BCUT2D eigenvalue weighted by Crippen LogP contribution is 2.28. The van der Waals surface area contributed by atoms with Crippen LogP contribution in [0.3, 0.4) is 0 Å². The molecule has 0 spiro atoms. The SMILES string of the molecule is COc1ccc2c(c1)c(CCNC(C)=O)cn2CC(=O)NCCCCCCCCCCCCNC(=O)Cn1cc(CCNC(C)=O)c2cc(OC)ccc21. The predicted octanol–water partition coefficient (Wildman–Crippen LogP) is 5.80. The maximum Gasteiger partial charge on any atom is 0.239 e. The molecule has 2 heterocycles. The predicted molar refractivity (Wildman–Crippen MR) is 214 cm³/mol. The molecule has 0 saturated heterocycles. The van der Waals surface area contributed by atoms with Gasteiger partial charge in [0, 0.05) is 74.2 Å². The van der Waals surface area contributed by atoms with E-state index in [1.54, 1.807) is 14.2 Å². The molecule has 0 saturated carbocycles. The van der Waals surface area contributed by atoms with Gasteiger partial charge in [-0.15, -0.1) is 0 Å². The summed E-state index contributed by atoms with van der Waals surface area (Å²) in [7, 11) is 3.28. The van der Waals surface area contributed by atoms with Crippen molar-refractivity contribution in [3.05, 3.63) is 59.9 Å². The second-order valence-electron chi connectivity index (χ2n) is 14.0. The largest absolute Gasteiger partial charge is 0.497 e. The number of hydrogen-bond donors (Lipinski definition) is 4. The van der Waals surface area contributed by atoms with Crippen LogP contribution in [0.2, 0.25) is 0 Å². The molecule has 12 heteroatoms. The molecule has 0 aliphatic rings. The third-order valence-electron chi connectivity index (χ3n) is 9.75. The summed E-state index contributed by atoms with van der Waals surface area (Å²) in [5, 5.41) is 13.9. The molecule has 0 aliphatic heterocycles. The van der Waals surface area contributed by atoms with Crippen molar-refractivity contribution < 1.29 is 28.7 Å². The second-order valence-corrected chi connectivity index (χ2v) is 14.0. The van der Waals surface area contributed by atoms with Gasteiger partial charge in [0.15, 0.2) is 0 Å². The van der Waals surface area contributed by atoms with E-state index in [1.165, 1.54) is 52.4 Å². The molecular weight excluding hydrogens is 684 g/mol. The van der Waals surface area contributed by atoms with Crippen LogP contribution < -0.4 is 30.7 Å². The van der Waals surface area contributed by atoms with Gasteiger partial charge in [-0.05, 0) is 73.2 Å². The zero-order valence-electron chi connectivity index (χ0n) is 32.7. The van der Waals surface area contributed by atoms with Gasteiger partial charge in [0.05, 0.1) is 14.2 Å². The van der Waals surface area contributed by atoms with E-state index in [4.69, 9.17) is 9.47 Å². The van der Waals surface area contributed by atoms with Crippen molar-refractivity contribution >= 4 is 45.4 Å². The Morgan fingerprint density at radius 1 is 0.519 bits per heavy atom. The van der Waals surface area contributed by atoms with Gasteiger partial charge in [-0.25, -0.2) is 0 Å². The smallest absolute Gasteiger partial charge is 0.239 e. The lowest BCUT2D eigenvalue weighted by Crippen LogP contribution is -2.28. The van der Waals surface area contributed by atoms with E-state index >= 15 is 0 Å². The number of nitrogens with one attached hydrogen (secondary N) is 4. The summed E-state index contributed by atoms with van der Waals surface area (Å²) >= 11 is 0. The highest BCUT2D eigenvalue weighted by molar-refractivity contribution is 5.88. The van der Waals surface area contributed by atoms with Crippen LogP contribution in [-0.4, -0.2) is 73.2 Å². The van der Waals surface area contributed by atoms with Gasteiger partial charge in [0.25, 0.3) is 0 Å². The van der Waals surface area contributed by atoms with Crippen LogP contribution in [0.25, 0.3) is 21.8 Å². The lowest BCUT2D eigenvalue weighted by atomic mass is 10.1. The highest BCUT2D eigenvalue weighted by Gasteiger charge is 2.14. The lowest BCUT2D eigenvalue weighted by Gasteiger charge is -2.08. The molecule has 4 aromatic rings. The molecule has 2 aromatic carbocycles. The first-order chi connectivity index (χ1) is 26.2. The van der Waals surface area contributed by atoms with Crippen molar-refractivity contribution in [2.75, 3.05) is 40.4 Å². The van der Waals surface area contributed by atoms with Crippen LogP contribution in [-0.2, 0) is 45.1 Å². The maximum absolute atomic E-state index is 12.8. The molecule has 0 atom stereocenters. The van der Waals surface area contributed by atoms with Crippen LogP contribution in [0.15, 0.2) is 48.8 Å². The topological polar surface area (TPSA) is 145 Å². The fraction of sp³-hybridized carbons (Fsp3) is 0.524. The summed E-state index contributed by atoms with van der Waals surface area (Å²) in [6, 6.07) is 11.7. The van der Waals surface area contributed by atoms with Crippen molar-refractivity contribution in [2.24, 2.45) is 0 Å². The van der Waals surface area contributed by atoms with Crippen molar-refractivity contribution in [2.45, 2.75) is 104 Å². The quantitative estimate of drug-likeness (QED) is 0.0632. The Morgan fingerprint density at radius 2 is 0.889 bits per heavy atom. The molecule has 4 amide bonds. The molecule has 0 radical (unpaired) electrons. The van der Waals surface area contributed by atoms with Gasteiger partial charge < -0.3 is 39.9 Å². The number of amides is 4. The van der Waals surface area contributed by atoms with Crippen molar-refractivity contribution in [3.8, 4) is 11.5 Å². The van der Waals surface area contributed by atoms with Gasteiger partial charge in [0.2, 0.25) is 23.6 Å². The molecule has 54 heavy (non-hydrogen) atoms. The fourth-order valence-corrected chi connectivity index (χ4v) is 6.90. The Bertz CT molecular complexity index is 1700. The Morgan fingerprint density at radius 3 is 1.24 bits per heavy atom. The Kier molecular flexibility index (Phi) is 17.2. The van der Waals surface area contributed by atoms with Crippen LogP contribution in [0, 0.1) is 0 Å². The van der Waals surface area contributed by atoms with Crippen LogP contribution in [0.5, 0.6) is 11.5 Å². The third-order valence-corrected chi connectivity index (χ3v) is 9.75.